The number of carbonyl (C=O) groups is 1. The molecule has 0 bridgehead atoms. The van der Waals surface area contributed by atoms with Crippen LogP contribution in [0.2, 0.25) is 0 Å². The maximum atomic E-state index is 12.7. The zero-order valence-corrected chi connectivity index (χ0v) is 14.3. The van der Waals surface area contributed by atoms with Gasteiger partial charge in [-0.15, -0.1) is 0 Å². The Bertz CT molecular complexity index is 532. The zero-order valence-electron chi connectivity index (χ0n) is 14.3. The van der Waals surface area contributed by atoms with Crippen LogP contribution in [0, 0.1) is 0 Å². The molecule has 0 spiro atoms. The first-order valence-electron chi connectivity index (χ1n) is 7.67. The summed E-state index contributed by atoms with van der Waals surface area (Å²) in [5, 5.41) is 0. The van der Waals surface area contributed by atoms with Gasteiger partial charge in [0.15, 0.2) is 0 Å². The van der Waals surface area contributed by atoms with E-state index in [1.54, 1.807) is 18.3 Å². The lowest BCUT2D eigenvalue weighted by Crippen LogP contribution is -2.57. The number of ether oxygens (including phenoxy) is 2. The number of carbonyl (C=O) groups excluding carboxylic acids is 1. The van der Waals surface area contributed by atoms with E-state index in [9.17, 15) is 4.79 Å². The number of morpholine rings is 1. The second kappa shape index (κ2) is 5.88. The van der Waals surface area contributed by atoms with Crippen LogP contribution in [0.5, 0.6) is 5.75 Å². The van der Waals surface area contributed by atoms with Crippen molar-refractivity contribution in [1.29, 1.82) is 0 Å². The van der Waals surface area contributed by atoms with Gasteiger partial charge in [0.2, 0.25) is 0 Å². The van der Waals surface area contributed by atoms with Gasteiger partial charge in [-0.3, -0.25) is 4.79 Å². The fourth-order valence-electron chi connectivity index (χ4n) is 2.40. The van der Waals surface area contributed by atoms with Crippen LogP contribution in [-0.2, 0) is 4.74 Å². The molecule has 0 radical (unpaired) electrons. The Labute approximate surface area is 132 Å². The lowest BCUT2D eigenvalue weighted by molar-refractivity contribution is -0.0757. The lowest BCUT2D eigenvalue weighted by atomic mass is 10.0. The van der Waals surface area contributed by atoms with E-state index >= 15 is 0 Å². The first kappa shape index (κ1) is 16.7. The second-order valence-corrected chi connectivity index (χ2v) is 7.44. The van der Waals surface area contributed by atoms with Crippen LogP contribution in [0.15, 0.2) is 18.3 Å². The van der Waals surface area contributed by atoms with Gasteiger partial charge in [-0.1, -0.05) is 0 Å². The van der Waals surface area contributed by atoms with E-state index in [-0.39, 0.29) is 23.2 Å². The van der Waals surface area contributed by atoms with Crippen molar-refractivity contribution in [3.8, 4) is 5.75 Å². The van der Waals surface area contributed by atoms with Crippen LogP contribution in [0.3, 0.4) is 0 Å². The Balaban J connectivity index is 2.15. The van der Waals surface area contributed by atoms with Crippen molar-refractivity contribution in [3.05, 3.63) is 24.0 Å². The molecule has 1 aromatic heterocycles. The molecule has 0 N–H and O–H groups in total. The van der Waals surface area contributed by atoms with Crippen LogP contribution in [0.1, 0.15) is 52.0 Å². The van der Waals surface area contributed by atoms with Gasteiger partial charge in [-0.05, 0) is 53.7 Å². The molecule has 1 atom stereocenters. The van der Waals surface area contributed by atoms with E-state index < -0.39 is 0 Å². The van der Waals surface area contributed by atoms with Crippen LogP contribution >= 0.6 is 0 Å². The number of hydrogen-bond donors (Lipinski definition) is 0. The van der Waals surface area contributed by atoms with Crippen LogP contribution in [0.25, 0.3) is 0 Å². The number of aromatic nitrogens is 1. The molecular formula is C17H26N2O3. The van der Waals surface area contributed by atoms with E-state index in [0.717, 1.165) is 0 Å². The number of hydrogen-bond acceptors (Lipinski definition) is 4. The van der Waals surface area contributed by atoms with Crippen molar-refractivity contribution in [3.63, 3.8) is 0 Å². The minimum atomic E-state index is -0.328. The summed E-state index contributed by atoms with van der Waals surface area (Å²) in [7, 11) is 0. The van der Waals surface area contributed by atoms with Crippen molar-refractivity contribution in [2.75, 3.05) is 13.2 Å². The number of pyridine rings is 1. The van der Waals surface area contributed by atoms with E-state index in [4.69, 9.17) is 9.47 Å². The molecule has 0 aliphatic carbocycles. The van der Waals surface area contributed by atoms with E-state index in [1.807, 2.05) is 46.4 Å². The Hall–Kier alpha value is -1.62. The lowest BCUT2D eigenvalue weighted by Gasteiger charge is -2.44. The molecule has 1 saturated heterocycles. The summed E-state index contributed by atoms with van der Waals surface area (Å²) in [6, 6.07) is 3.52. The topological polar surface area (TPSA) is 51.7 Å². The van der Waals surface area contributed by atoms with Crippen molar-refractivity contribution >= 4 is 5.91 Å². The minimum Gasteiger partial charge on any atom is -0.487 e. The number of nitrogens with zero attached hydrogens (tertiary/aromatic N) is 2. The largest absolute Gasteiger partial charge is 0.487 e. The van der Waals surface area contributed by atoms with Gasteiger partial charge >= 0.3 is 0 Å². The average molecular weight is 306 g/mol. The third-order valence-corrected chi connectivity index (χ3v) is 3.52. The highest BCUT2D eigenvalue weighted by Gasteiger charge is 2.37. The number of amides is 1. The molecule has 2 rings (SSSR count). The highest BCUT2D eigenvalue weighted by Crippen LogP contribution is 2.24. The van der Waals surface area contributed by atoms with E-state index in [1.165, 1.54) is 0 Å². The smallest absolute Gasteiger partial charge is 0.273 e. The Morgan fingerprint density at radius 3 is 2.64 bits per heavy atom. The second-order valence-electron chi connectivity index (χ2n) is 7.44. The zero-order chi connectivity index (χ0) is 16.5. The van der Waals surface area contributed by atoms with Crippen molar-refractivity contribution in [2.45, 2.75) is 58.8 Å². The first-order valence-corrected chi connectivity index (χ1v) is 7.67. The molecule has 0 saturated carbocycles. The standard InChI is InChI=1S/C17H26N2O3/c1-12-10-19(17(5,6)11-21-12)15(20)14-8-7-13(9-18-14)22-16(2,3)4/h7-9,12H,10-11H2,1-6H3. The molecule has 1 aromatic rings. The molecular weight excluding hydrogens is 280 g/mol. The first-order chi connectivity index (χ1) is 10.1. The molecule has 0 aromatic carbocycles. The fraction of sp³-hybridized carbons (Fsp3) is 0.647. The van der Waals surface area contributed by atoms with Gasteiger partial charge in [0.1, 0.15) is 17.0 Å². The molecule has 5 nitrogen and oxygen atoms in total. The molecule has 2 heterocycles. The molecule has 1 unspecified atom stereocenters. The van der Waals surface area contributed by atoms with Gasteiger partial charge in [0, 0.05) is 6.54 Å². The highest BCUT2D eigenvalue weighted by atomic mass is 16.5. The van der Waals surface area contributed by atoms with Crippen molar-refractivity contribution in [2.24, 2.45) is 0 Å². The Morgan fingerprint density at radius 2 is 2.09 bits per heavy atom. The summed E-state index contributed by atoms with van der Waals surface area (Å²) in [6.07, 6.45) is 1.65. The SMILES string of the molecule is CC1CN(C(=O)c2ccc(OC(C)(C)C)cn2)C(C)(C)CO1. The van der Waals surface area contributed by atoms with Gasteiger partial charge in [-0.25, -0.2) is 4.98 Å². The van der Waals surface area contributed by atoms with Crippen LogP contribution in [0.4, 0.5) is 0 Å². The van der Waals surface area contributed by atoms with Gasteiger partial charge in [0.25, 0.3) is 5.91 Å². The maximum absolute atomic E-state index is 12.7. The molecule has 5 heteroatoms. The molecule has 1 fully saturated rings. The predicted octanol–water partition coefficient (Wildman–Crippen LogP) is 2.90. The monoisotopic (exact) mass is 306 g/mol. The minimum absolute atomic E-state index is 0.0421. The third-order valence-electron chi connectivity index (χ3n) is 3.52. The Kier molecular flexibility index (Phi) is 4.47. The molecule has 122 valence electrons. The van der Waals surface area contributed by atoms with Crippen LogP contribution < -0.4 is 4.74 Å². The van der Waals surface area contributed by atoms with Crippen molar-refractivity contribution < 1.29 is 14.3 Å². The summed E-state index contributed by atoms with van der Waals surface area (Å²) in [6.45, 7) is 13.0. The summed E-state index contributed by atoms with van der Waals surface area (Å²) < 4.78 is 11.4. The van der Waals surface area contributed by atoms with Gasteiger partial charge in [0.05, 0.1) is 24.4 Å². The Morgan fingerprint density at radius 1 is 1.41 bits per heavy atom. The predicted molar refractivity (Wildman–Crippen MR) is 85.1 cm³/mol. The van der Waals surface area contributed by atoms with Crippen LogP contribution in [-0.4, -0.2) is 46.2 Å². The summed E-state index contributed by atoms with van der Waals surface area (Å²) in [5.74, 6) is 0.598. The number of rotatable bonds is 2. The summed E-state index contributed by atoms with van der Waals surface area (Å²) in [5.41, 5.74) is -0.177. The van der Waals surface area contributed by atoms with E-state index in [2.05, 4.69) is 4.98 Å². The quantitative estimate of drug-likeness (QED) is 0.843. The summed E-state index contributed by atoms with van der Waals surface area (Å²) in [4.78, 5) is 18.8. The van der Waals surface area contributed by atoms with Gasteiger partial charge < -0.3 is 14.4 Å². The maximum Gasteiger partial charge on any atom is 0.273 e. The third kappa shape index (κ3) is 3.97. The van der Waals surface area contributed by atoms with Crippen molar-refractivity contribution in [1.82, 2.24) is 9.88 Å². The molecule has 1 amide bonds. The molecule has 1 aliphatic heterocycles. The fourth-order valence-corrected chi connectivity index (χ4v) is 2.40. The highest BCUT2D eigenvalue weighted by molar-refractivity contribution is 5.93. The molecule has 1 aliphatic rings. The van der Waals surface area contributed by atoms with Gasteiger partial charge in [-0.2, -0.15) is 0 Å². The normalized spacial score (nSPS) is 21.5. The summed E-state index contributed by atoms with van der Waals surface area (Å²) >= 11 is 0. The van der Waals surface area contributed by atoms with E-state index in [0.29, 0.717) is 24.6 Å². The average Bonchev–Trinajstić information content (AvgIpc) is 2.40. The molecule has 22 heavy (non-hydrogen) atoms.